The average molecular weight is 265 g/mol. The lowest BCUT2D eigenvalue weighted by Gasteiger charge is -2.25. The number of aromatic amines is 1. The molecule has 19 heavy (non-hydrogen) atoms. The molecule has 1 saturated carbocycles. The van der Waals surface area contributed by atoms with Crippen molar-refractivity contribution in [3.05, 3.63) is 35.5 Å². The van der Waals surface area contributed by atoms with Crippen LogP contribution in [-0.2, 0) is 10.2 Å². The summed E-state index contributed by atoms with van der Waals surface area (Å²) in [4.78, 5) is 14.3. The van der Waals surface area contributed by atoms with E-state index in [0.29, 0.717) is 18.2 Å². The summed E-state index contributed by atoms with van der Waals surface area (Å²) in [7, 11) is 0. The zero-order valence-electron chi connectivity index (χ0n) is 10.2. The highest BCUT2D eigenvalue weighted by Crippen LogP contribution is 2.44. The zero-order valence-corrected chi connectivity index (χ0v) is 10.2. The second-order valence-electron chi connectivity index (χ2n) is 5.08. The largest absolute Gasteiger partial charge is 0.481 e. The van der Waals surface area contributed by atoms with Gasteiger partial charge in [0.05, 0.1) is 10.9 Å². The van der Waals surface area contributed by atoms with Crippen LogP contribution in [0, 0.1) is 11.6 Å². The minimum Gasteiger partial charge on any atom is -0.481 e. The lowest BCUT2D eigenvalue weighted by Crippen LogP contribution is -2.34. The lowest BCUT2D eigenvalue weighted by atomic mass is 9.78. The maximum Gasteiger partial charge on any atom is 0.314 e. The number of hydrogen-bond donors (Lipinski definition) is 2. The SMILES string of the molecule is O=C(O)C1(c2c(F)cc3cc[nH]c3c2F)CCCC1. The van der Waals surface area contributed by atoms with Gasteiger partial charge >= 0.3 is 5.97 Å². The van der Waals surface area contributed by atoms with Gasteiger partial charge in [0.1, 0.15) is 5.82 Å². The second kappa shape index (κ2) is 4.05. The standard InChI is InChI=1S/C14H13F2NO2/c15-9-7-8-3-6-17-12(8)11(16)10(9)14(13(18)19)4-1-2-5-14/h3,6-7,17H,1-2,4-5H2,(H,18,19). The predicted octanol–water partition coefficient (Wildman–Crippen LogP) is 3.34. The zero-order chi connectivity index (χ0) is 13.6. The number of nitrogens with one attached hydrogen (secondary N) is 1. The van der Waals surface area contributed by atoms with Gasteiger partial charge in [-0.25, -0.2) is 8.78 Å². The van der Waals surface area contributed by atoms with E-state index in [1.165, 1.54) is 12.3 Å². The summed E-state index contributed by atoms with van der Waals surface area (Å²) in [5.74, 6) is -2.69. The Labute approximate surface area is 108 Å². The second-order valence-corrected chi connectivity index (χ2v) is 5.08. The van der Waals surface area contributed by atoms with Gasteiger partial charge in [-0.05, 0) is 25.0 Å². The van der Waals surface area contributed by atoms with Gasteiger partial charge in [0, 0.05) is 17.1 Å². The van der Waals surface area contributed by atoms with E-state index < -0.39 is 23.0 Å². The molecule has 0 radical (unpaired) electrons. The minimum atomic E-state index is -1.42. The van der Waals surface area contributed by atoms with Gasteiger partial charge in [-0.3, -0.25) is 4.79 Å². The first kappa shape index (κ1) is 12.1. The molecule has 3 nitrogen and oxygen atoms in total. The molecule has 0 bridgehead atoms. The third kappa shape index (κ3) is 1.57. The molecule has 0 saturated heterocycles. The van der Waals surface area contributed by atoms with Crippen LogP contribution in [-0.4, -0.2) is 16.1 Å². The maximum atomic E-state index is 14.5. The molecule has 1 aliphatic rings. The maximum absolute atomic E-state index is 14.5. The normalized spacial score (nSPS) is 18.0. The Balaban J connectivity index is 2.31. The van der Waals surface area contributed by atoms with E-state index in [1.54, 1.807) is 6.07 Å². The monoisotopic (exact) mass is 265 g/mol. The Bertz CT molecular complexity index is 657. The first-order valence-electron chi connectivity index (χ1n) is 6.25. The van der Waals surface area contributed by atoms with Crippen molar-refractivity contribution in [2.45, 2.75) is 31.1 Å². The molecule has 1 heterocycles. The van der Waals surface area contributed by atoms with Gasteiger partial charge in [-0.15, -0.1) is 0 Å². The van der Waals surface area contributed by atoms with Crippen molar-refractivity contribution in [3.8, 4) is 0 Å². The van der Waals surface area contributed by atoms with E-state index in [0.717, 1.165) is 0 Å². The number of aliphatic carboxylic acids is 1. The molecular formula is C14H13F2NO2. The molecule has 1 aromatic carbocycles. The van der Waals surface area contributed by atoms with Crippen molar-refractivity contribution >= 4 is 16.9 Å². The smallest absolute Gasteiger partial charge is 0.314 e. The van der Waals surface area contributed by atoms with Crippen LogP contribution in [0.15, 0.2) is 18.3 Å². The quantitative estimate of drug-likeness (QED) is 0.875. The molecule has 2 N–H and O–H groups in total. The van der Waals surface area contributed by atoms with Gasteiger partial charge in [0.2, 0.25) is 0 Å². The average Bonchev–Trinajstić information content (AvgIpc) is 2.97. The molecule has 1 aliphatic carbocycles. The Hall–Kier alpha value is -1.91. The number of carboxylic acids is 1. The molecule has 1 aromatic heterocycles. The molecule has 0 spiro atoms. The minimum absolute atomic E-state index is 0.170. The van der Waals surface area contributed by atoms with Gasteiger partial charge in [0.25, 0.3) is 0 Å². The van der Waals surface area contributed by atoms with Gasteiger partial charge in [-0.2, -0.15) is 0 Å². The Kier molecular flexibility index (Phi) is 2.59. The molecule has 100 valence electrons. The summed E-state index contributed by atoms with van der Waals surface area (Å²) in [6.07, 6.45) is 3.42. The number of benzene rings is 1. The van der Waals surface area contributed by atoms with Crippen LogP contribution in [0.1, 0.15) is 31.2 Å². The predicted molar refractivity (Wildman–Crippen MR) is 66.0 cm³/mol. The number of rotatable bonds is 2. The molecule has 2 aromatic rings. The van der Waals surface area contributed by atoms with E-state index in [4.69, 9.17) is 0 Å². The van der Waals surface area contributed by atoms with Crippen molar-refractivity contribution in [2.75, 3.05) is 0 Å². The highest BCUT2D eigenvalue weighted by Gasteiger charge is 2.47. The van der Waals surface area contributed by atoms with E-state index in [-0.39, 0.29) is 23.9 Å². The van der Waals surface area contributed by atoms with Crippen LogP contribution in [0.2, 0.25) is 0 Å². The molecule has 0 atom stereocenters. The molecule has 5 heteroatoms. The van der Waals surface area contributed by atoms with Crippen LogP contribution in [0.5, 0.6) is 0 Å². The number of H-pyrrole nitrogens is 1. The van der Waals surface area contributed by atoms with Gasteiger partial charge in [-0.1, -0.05) is 12.8 Å². The Morgan fingerprint density at radius 2 is 2.00 bits per heavy atom. The lowest BCUT2D eigenvalue weighted by molar-refractivity contribution is -0.143. The summed E-state index contributed by atoms with van der Waals surface area (Å²) in [5.41, 5.74) is -1.55. The van der Waals surface area contributed by atoms with Crippen LogP contribution in [0.3, 0.4) is 0 Å². The molecule has 3 rings (SSSR count). The summed E-state index contributed by atoms with van der Waals surface area (Å²) in [5, 5.41) is 9.86. The summed E-state index contributed by atoms with van der Waals surface area (Å²) in [6, 6.07) is 2.76. The van der Waals surface area contributed by atoms with Crippen molar-refractivity contribution in [3.63, 3.8) is 0 Å². The molecule has 0 aliphatic heterocycles. The highest BCUT2D eigenvalue weighted by atomic mass is 19.1. The number of carboxylic acid groups (broad SMARTS) is 1. The van der Waals surface area contributed by atoms with Crippen molar-refractivity contribution in [1.29, 1.82) is 0 Å². The Morgan fingerprint density at radius 3 is 2.63 bits per heavy atom. The summed E-state index contributed by atoms with van der Waals surface area (Å²) >= 11 is 0. The molecule has 0 amide bonds. The molecule has 1 fully saturated rings. The van der Waals surface area contributed by atoms with Gasteiger partial charge in [0.15, 0.2) is 5.82 Å². The summed E-state index contributed by atoms with van der Waals surface area (Å²) < 4.78 is 28.7. The number of carbonyl (C=O) groups is 1. The van der Waals surface area contributed by atoms with E-state index in [9.17, 15) is 18.7 Å². The fourth-order valence-corrected chi connectivity index (χ4v) is 3.12. The van der Waals surface area contributed by atoms with Crippen LogP contribution in [0.4, 0.5) is 8.78 Å². The summed E-state index contributed by atoms with van der Waals surface area (Å²) in [6.45, 7) is 0. The highest BCUT2D eigenvalue weighted by molar-refractivity contribution is 5.87. The van der Waals surface area contributed by atoms with Crippen molar-refractivity contribution < 1.29 is 18.7 Å². The van der Waals surface area contributed by atoms with Crippen LogP contribution >= 0.6 is 0 Å². The van der Waals surface area contributed by atoms with Crippen LogP contribution < -0.4 is 0 Å². The van der Waals surface area contributed by atoms with Crippen molar-refractivity contribution in [2.24, 2.45) is 0 Å². The van der Waals surface area contributed by atoms with Gasteiger partial charge < -0.3 is 10.1 Å². The third-order valence-corrected chi connectivity index (χ3v) is 4.08. The third-order valence-electron chi connectivity index (χ3n) is 4.08. The van der Waals surface area contributed by atoms with Crippen molar-refractivity contribution in [1.82, 2.24) is 4.98 Å². The Morgan fingerprint density at radius 1 is 1.32 bits per heavy atom. The first-order chi connectivity index (χ1) is 9.06. The van der Waals surface area contributed by atoms with E-state index >= 15 is 0 Å². The fourth-order valence-electron chi connectivity index (χ4n) is 3.12. The van der Waals surface area contributed by atoms with E-state index in [1.807, 2.05) is 0 Å². The topological polar surface area (TPSA) is 53.1 Å². The molecular weight excluding hydrogens is 252 g/mol. The number of hydrogen-bond acceptors (Lipinski definition) is 1. The molecule has 0 unspecified atom stereocenters. The number of aromatic nitrogens is 1. The number of halogens is 2. The fraction of sp³-hybridized carbons (Fsp3) is 0.357. The van der Waals surface area contributed by atoms with E-state index in [2.05, 4.69) is 4.98 Å². The number of fused-ring (bicyclic) bond motifs is 1. The first-order valence-corrected chi connectivity index (χ1v) is 6.25. The van der Waals surface area contributed by atoms with Crippen LogP contribution in [0.25, 0.3) is 10.9 Å².